The van der Waals surface area contributed by atoms with Gasteiger partial charge in [0.25, 0.3) is 0 Å². The van der Waals surface area contributed by atoms with E-state index in [4.69, 9.17) is 4.74 Å². The smallest absolute Gasteiger partial charge is 0.313 e. The number of nitrogens with one attached hydrogen (secondary N) is 1. The van der Waals surface area contributed by atoms with Crippen LogP contribution in [0.4, 0.5) is 0 Å². The SMILES string of the molecule is CCOC(=O)C1(CNCc2ccc(-c3ccccc3C#N)cc2)CCCCC1. The minimum atomic E-state index is -0.375. The van der Waals surface area contributed by atoms with Gasteiger partial charge < -0.3 is 10.1 Å². The van der Waals surface area contributed by atoms with E-state index in [1.165, 1.54) is 6.42 Å². The van der Waals surface area contributed by atoms with Crippen molar-refractivity contribution in [2.24, 2.45) is 5.41 Å². The maximum atomic E-state index is 12.5. The monoisotopic (exact) mass is 376 g/mol. The van der Waals surface area contributed by atoms with Gasteiger partial charge in [-0.2, -0.15) is 5.26 Å². The van der Waals surface area contributed by atoms with Crippen LogP contribution in [0, 0.1) is 16.7 Å². The molecule has 1 fully saturated rings. The van der Waals surface area contributed by atoms with Crippen molar-refractivity contribution in [3.8, 4) is 17.2 Å². The van der Waals surface area contributed by atoms with Crippen LogP contribution in [0.5, 0.6) is 0 Å². The first-order chi connectivity index (χ1) is 13.7. The van der Waals surface area contributed by atoms with Gasteiger partial charge in [-0.15, -0.1) is 0 Å². The van der Waals surface area contributed by atoms with Crippen molar-refractivity contribution in [1.29, 1.82) is 5.26 Å². The number of ether oxygens (including phenoxy) is 1. The second-order valence-electron chi connectivity index (χ2n) is 7.52. The molecule has 2 aromatic rings. The van der Waals surface area contributed by atoms with Gasteiger partial charge in [0.2, 0.25) is 0 Å². The molecule has 0 unspecified atom stereocenters. The lowest BCUT2D eigenvalue weighted by Gasteiger charge is -2.35. The molecule has 28 heavy (non-hydrogen) atoms. The molecule has 0 amide bonds. The summed E-state index contributed by atoms with van der Waals surface area (Å²) in [5.74, 6) is -0.0503. The van der Waals surface area contributed by atoms with Gasteiger partial charge in [0.05, 0.1) is 23.7 Å². The van der Waals surface area contributed by atoms with Gasteiger partial charge in [-0.05, 0) is 42.5 Å². The minimum absolute atomic E-state index is 0.0503. The number of carbonyl (C=O) groups excluding carboxylic acids is 1. The van der Waals surface area contributed by atoms with E-state index in [1.807, 2.05) is 31.2 Å². The quantitative estimate of drug-likeness (QED) is 0.703. The summed E-state index contributed by atoms with van der Waals surface area (Å²) in [6.45, 7) is 3.67. The van der Waals surface area contributed by atoms with Crippen molar-refractivity contribution in [2.45, 2.75) is 45.6 Å². The summed E-state index contributed by atoms with van der Waals surface area (Å²) >= 11 is 0. The van der Waals surface area contributed by atoms with Gasteiger partial charge in [0.1, 0.15) is 0 Å². The highest BCUT2D eigenvalue weighted by molar-refractivity contribution is 5.77. The number of hydrogen-bond acceptors (Lipinski definition) is 4. The molecule has 0 radical (unpaired) electrons. The third-order valence-electron chi connectivity index (χ3n) is 5.62. The molecule has 4 nitrogen and oxygen atoms in total. The third kappa shape index (κ3) is 4.61. The Morgan fingerprint density at radius 1 is 1.11 bits per heavy atom. The summed E-state index contributed by atoms with van der Waals surface area (Å²) in [4.78, 5) is 12.5. The Bertz CT molecular complexity index is 830. The molecular formula is C24H28N2O2. The number of rotatable bonds is 7. The summed E-state index contributed by atoms with van der Waals surface area (Å²) in [5.41, 5.74) is 3.46. The molecule has 4 heteroatoms. The molecule has 2 aromatic carbocycles. The average Bonchev–Trinajstić information content (AvgIpc) is 2.75. The van der Waals surface area contributed by atoms with E-state index in [9.17, 15) is 10.1 Å². The zero-order chi connectivity index (χ0) is 19.8. The first-order valence-corrected chi connectivity index (χ1v) is 10.1. The Labute approximate surface area is 167 Å². The molecule has 146 valence electrons. The predicted molar refractivity (Wildman–Crippen MR) is 110 cm³/mol. The summed E-state index contributed by atoms with van der Waals surface area (Å²) in [6.07, 6.45) is 5.19. The highest BCUT2D eigenvalue weighted by Crippen LogP contribution is 2.37. The van der Waals surface area contributed by atoms with Crippen LogP contribution in [0.2, 0.25) is 0 Å². The Balaban J connectivity index is 1.63. The molecule has 0 aromatic heterocycles. The van der Waals surface area contributed by atoms with Crippen LogP contribution in [-0.4, -0.2) is 19.1 Å². The van der Waals surface area contributed by atoms with E-state index < -0.39 is 0 Å². The molecule has 0 atom stereocenters. The minimum Gasteiger partial charge on any atom is -0.466 e. The number of esters is 1. The van der Waals surface area contributed by atoms with Crippen LogP contribution in [0.3, 0.4) is 0 Å². The van der Waals surface area contributed by atoms with Crippen molar-refractivity contribution < 1.29 is 9.53 Å². The molecule has 0 spiro atoms. The van der Waals surface area contributed by atoms with Gasteiger partial charge in [0.15, 0.2) is 0 Å². The fraction of sp³-hybridized carbons (Fsp3) is 0.417. The lowest BCUT2D eigenvalue weighted by Crippen LogP contribution is -2.43. The van der Waals surface area contributed by atoms with Crippen LogP contribution in [-0.2, 0) is 16.1 Å². The lowest BCUT2D eigenvalue weighted by atomic mass is 9.74. The Morgan fingerprint density at radius 3 is 2.50 bits per heavy atom. The molecule has 1 aliphatic carbocycles. The van der Waals surface area contributed by atoms with E-state index in [2.05, 4.69) is 35.7 Å². The standard InChI is InChI=1S/C24H28N2O2/c1-2-28-23(27)24(14-6-3-7-15-24)18-26-17-19-10-12-20(13-11-19)22-9-5-4-8-21(22)16-25/h4-5,8-13,26H,2-3,6-7,14-15,17-18H2,1H3. The average molecular weight is 377 g/mol. The molecule has 3 rings (SSSR count). The van der Waals surface area contributed by atoms with E-state index in [-0.39, 0.29) is 11.4 Å². The highest BCUT2D eigenvalue weighted by Gasteiger charge is 2.40. The first kappa shape index (κ1) is 20.1. The topological polar surface area (TPSA) is 62.1 Å². The molecule has 0 saturated heterocycles. The number of benzene rings is 2. The Morgan fingerprint density at radius 2 is 1.82 bits per heavy atom. The molecule has 1 N–H and O–H groups in total. The second kappa shape index (κ2) is 9.52. The highest BCUT2D eigenvalue weighted by atomic mass is 16.5. The van der Waals surface area contributed by atoms with E-state index in [0.29, 0.717) is 25.3 Å². The van der Waals surface area contributed by atoms with Crippen LogP contribution in [0.15, 0.2) is 48.5 Å². The number of nitriles is 1. The second-order valence-corrected chi connectivity index (χ2v) is 7.52. The van der Waals surface area contributed by atoms with Gasteiger partial charge in [-0.3, -0.25) is 4.79 Å². The van der Waals surface area contributed by atoms with Crippen molar-refractivity contribution in [1.82, 2.24) is 5.32 Å². The van der Waals surface area contributed by atoms with Crippen LogP contribution in [0.25, 0.3) is 11.1 Å². The van der Waals surface area contributed by atoms with Crippen LogP contribution >= 0.6 is 0 Å². The van der Waals surface area contributed by atoms with E-state index in [1.54, 1.807) is 0 Å². The lowest BCUT2D eigenvalue weighted by molar-refractivity contribution is -0.157. The predicted octanol–water partition coefficient (Wildman–Crippen LogP) is 4.83. The van der Waals surface area contributed by atoms with Gasteiger partial charge in [-0.25, -0.2) is 0 Å². The fourth-order valence-electron chi connectivity index (χ4n) is 4.05. The third-order valence-corrected chi connectivity index (χ3v) is 5.62. The summed E-state index contributed by atoms with van der Waals surface area (Å²) in [7, 11) is 0. The molecule has 1 saturated carbocycles. The normalized spacial score (nSPS) is 15.6. The van der Waals surface area contributed by atoms with E-state index in [0.717, 1.165) is 42.4 Å². The zero-order valence-corrected chi connectivity index (χ0v) is 16.5. The Kier molecular flexibility index (Phi) is 6.84. The largest absolute Gasteiger partial charge is 0.466 e. The van der Waals surface area contributed by atoms with Crippen LogP contribution < -0.4 is 5.32 Å². The van der Waals surface area contributed by atoms with Crippen LogP contribution in [0.1, 0.15) is 50.2 Å². The maximum absolute atomic E-state index is 12.5. The van der Waals surface area contributed by atoms with Gasteiger partial charge in [-0.1, -0.05) is 61.7 Å². The van der Waals surface area contributed by atoms with Crippen molar-refractivity contribution >= 4 is 5.97 Å². The summed E-state index contributed by atoms with van der Waals surface area (Å²) < 4.78 is 5.37. The molecule has 0 aliphatic heterocycles. The van der Waals surface area contributed by atoms with Crippen molar-refractivity contribution in [3.05, 3.63) is 59.7 Å². The van der Waals surface area contributed by atoms with E-state index >= 15 is 0 Å². The zero-order valence-electron chi connectivity index (χ0n) is 16.5. The molecular weight excluding hydrogens is 348 g/mol. The summed E-state index contributed by atoms with van der Waals surface area (Å²) in [5, 5.41) is 12.8. The number of carbonyl (C=O) groups is 1. The molecule has 0 heterocycles. The van der Waals surface area contributed by atoms with Crippen molar-refractivity contribution in [2.75, 3.05) is 13.2 Å². The fourth-order valence-corrected chi connectivity index (χ4v) is 4.05. The number of hydrogen-bond donors (Lipinski definition) is 1. The van der Waals surface area contributed by atoms with Gasteiger partial charge in [0, 0.05) is 13.1 Å². The molecule has 0 bridgehead atoms. The number of nitrogens with zero attached hydrogens (tertiary/aromatic N) is 1. The molecule has 1 aliphatic rings. The van der Waals surface area contributed by atoms with Gasteiger partial charge >= 0.3 is 5.97 Å². The Hall–Kier alpha value is -2.64. The summed E-state index contributed by atoms with van der Waals surface area (Å²) in [6, 6.07) is 18.1. The van der Waals surface area contributed by atoms with Crippen molar-refractivity contribution in [3.63, 3.8) is 0 Å². The maximum Gasteiger partial charge on any atom is 0.313 e. The first-order valence-electron chi connectivity index (χ1n) is 10.1.